The maximum absolute atomic E-state index is 12.0. The Morgan fingerprint density at radius 2 is 1.78 bits per heavy atom. The fourth-order valence-electron chi connectivity index (χ4n) is 1.06. The zero-order valence-electron chi connectivity index (χ0n) is 12.3. The SMILES string of the molecule is CCC(C)(S)C(=O)NC(C)(C)COC(C)(C)CO. The third kappa shape index (κ3) is 6.07. The minimum absolute atomic E-state index is 0.0593. The highest BCUT2D eigenvalue weighted by molar-refractivity contribution is 7.82. The van der Waals surface area contributed by atoms with Crippen molar-refractivity contribution in [1.29, 1.82) is 0 Å². The van der Waals surface area contributed by atoms with Crippen LogP contribution in [0.3, 0.4) is 0 Å². The summed E-state index contributed by atoms with van der Waals surface area (Å²) in [6, 6.07) is 0. The molecule has 0 rings (SSSR count). The standard InChI is InChI=1S/C13H27NO3S/c1-7-13(6,18)10(16)14-11(2,3)9-17-12(4,5)8-15/h15,18H,7-9H2,1-6H3,(H,14,16). The topological polar surface area (TPSA) is 58.6 Å². The smallest absolute Gasteiger partial charge is 0.236 e. The molecule has 1 unspecified atom stereocenters. The number of carbonyl (C=O) groups excluding carboxylic acids is 1. The molecule has 0 fully saturated rings. The summed E-state index contributed by atoms with van der Waals surface area (Å²) in [6.45, 7) is 11.4. The highest BCUT2D eigenvalue weighted by Crippen LogP contribution is 2.20. The van der Waals surface area contributed by atoms with Gasteiger partial charge in [-0.1, -0.05) is 6.92 Å². The van der Waals surface area contributed by atoms with Crippen molar-refractivity contribution in [3.63, 3.8) is 0 Å². The Balaban J connectivity index is 4.45. The second-order valence-corrected chi connectivity index (χ2v) is 7.16. The van der Waals surface area contributed by atoms with E-state index < -0.39 is 15.9 Å². The van der Waals surface area contributed by atoms with Gasteiger partial charge in [0, 0.05) is 0 Å². The number of carbonyl (C=O) groups is 1. The van der Waals surface area contributed by atoms with Crippen molar-refractivity contribution in [1.82, 2.24) is 5.32 Å². The molecule has 4 nitrogen and oxygen atoms in total. The van der Waals surface area contributed by atoms with E-state index >= 15 is 0 Å². The van der Waals surface area contributed by atoms with Crippen LogP contribution in [0.25, 0.3) is 0 Å². The van der Waals surface area contributed by atoms with Crippen LogP contribution < -0.4 is 5.32 Å². The maximum Gasteiger partial charge on any atom is 0.236 e. The number of rotatable bonds is 7. The fourth-order valence-corrected chi connectivity index (χ4v) is 1.12. The molecule has 0 spiro atoms. The van der Waals surface area contributed by atoms with Gasteiger partial charge in [0.1, 0.15) is 0 Å². The van der Waals surface area contributed by atoms with Gasteiger partial charge in [0.05, 0.1) is 29.1 Å². The molecule has 0 aromatic carbocycles. The number of hydrogen-bond donors (Lipinski definition) is 3. The molecule has 0 aliphatic rings. The number of thiol groups is 1. The van der Waals surface area contributed by atoms with E-state index in [4.69, 9.17) is 9.84 Å². The van der Waals surface area contributed by atoms with Gasteiger partial charge >= 0.3 is 0 Å². The van der Waals surface area contributed by atoms with E-state index in [1.165, 1.54) is 0 Å². The number of aliphatic hydroxyl groups is 1. The first kappa shape index (κ1) is 17.7. The summed E-state index contributed by atoms with van der Waals surface area (Å²) in [5, 5.41) is 12.0. The molecule has 0 aromatic heterocycles. The molecule has 1 atom stereocenters. The second kappa shape index (κ2) is 6.26. The van der Waals surface area contributed by atoms with Crippen LogP contribution in [0, 0.1) is 0 Å². The Morgan fingerprint density at radius 1 is 1.28 bits per heavy atom. The highest BCUT2D eigenvalue weighted by atomic mass is 32.1. The zero-order valence-corrected chi connectivity index (χ0v) is 13.2. The summed E-state index contributed by atoms with van der Waals surface area (Å²) in [5.74, 6) is -0.108. The summed E-state index contributed by atoms with van der Waals surface area (Å²) in [4.78, 5) is 12.0. The molecule has 5 heteroatoms. The van der Waals surface area contributed by atoms with Gasteiger partial charge in [-0.05, 0) is 41.0 Å². The van der Waals surface area contributed by atoms with Crippen molar-refractivity contribution in [3.05, 3.63) is 0 Å². The lowest BCUT2D eigenvalue weighted by atomic mass is 10.0. The third-order valence-corrected chi connectivity index (χ3v) is 3.35. The lowest BCUT2D eigenvalue weighted by molar-refractivity contribution is -0.127. The monoisotopic (exact) mass is 277 g/mol. The Hall–Kier alpha value is -0.260. The van der Waals surface area contributed by atoms with E-state index in [9.17, 15) is 4.79 Å². The first-order chi connectivity index (χ1) is 7.96. The average molecular weight is 277 g/mol. The molecule has 18 heavy (non-hydrogen) atoms. The van der Waals surface area contributed by atoms with E-state index in [2.05, 4.69) is 17.9 Å². The van der Waals surface area contributed by atoms with E-state index in [-0.39, 0.29) is 12.5 Å². The van der Waals surface area contributed by atoms with Crippen LogP contribution in [-0.2, 0) is 9.53 Å². The zero-order chi connectivity index (χ0) is 14.6. The minimum Gasteiger partial charge on any atom is -0.393 e. The van der Waals surface area contributed by atoms with E-state index in [1.54, 1.807) is 20.8 Å². The average Bonchev–Trinajstić information content (AvgIpc) is 2.26. The Kier molecular flexibility index (Phi) is 6.17. The van der Waals surface area contributed by atoms with Gasteiger partial charge in [-0.2, -0.15) is 12.6 Å². The van der Waals surface area contributed by atoms with Crippen molar-refractivity contribution >= 4 is 18.5 Å². The second-order valence-electron chi connectivity index (χ2n) is 6.17. The van der Waals surface area contributed by atoms with Crippen molar-refractivity contribution in [2.24, 2.45) is 0 Å². The van der Waals surface area contributed by atoms with Gasteiger partial charge in [0.2, 0.25) is 5.91 Å². The van der Waals surface area contributed by atoms with Crippen molar-refractivity contribution in [2.45, 2.75) is 63.9 Å². The van der Waals surface area contributed by atoms with Crippen molar-refractivity contribution in [2.75, 3.05) is 13.2 Å². The number of nitrogens with one attached hydrogen (secondary N) is 1. The summed E-state index contributed by atoms with van der Waals surface area (Å²) in [7, 11) is 0. The Labute approximate surface area is 116 Å². The first-order valence-corrected chi connectivity index (χ1v) is 6.70. The van der Waals surface area contributed by atoms with Gasteiger partial charge in [0.15, 0.2) is 0 Å². The van der Waals surface area contributed by atoms with Gasteiger partial charge in [-0.15, -0.1) is 0 Å². The van der Waals surface area contributed by atoms with E-state index in [0.717, 1.165) is 0 Å². The molecule has 2 N–H and O–H groups in total. The highest BCUT2D eigenvalue weighted by Gasteiger charge is 2.32. The number of hydrogen-bond acceptors (Lipinski definition) is 4. The molecule has 0 aliphatic carbocycles. The Morgan fingerprint density at radius 3 is 2.17 bits per heavy atom. The largest absolute Gasteiger partial charge is 0.393 e. The molecule has 0 aliphatic heterocycles. The Bertz CT molecular complexity index is 288. The lowest BCUT2D eigenvalue weighted by Gasteiger charge is -2.34. The summed E-state index contributed by atoms with van der Waals surface area (Å²) in [5.41, 5.74) is -1.10. The normalized spacial score (nSPS) is 16.2. The van der Waals surface area contributed by atoms with Crippen LogP contribution in [0.4, 0.5) is 0 Å². The van der Waals surface area contributed by atoms with Crippen LogP contribution in [0.15, 0.2) is 0 Å². The summed E-state index contributed by atoms with van der Waals surface area (Å²) >= 11 is 4.34. The van der Waals surface area contributed by atoms with Gasteiger partial charge < -0.3 is 15.2 Å². The van der Waals surface area contributed by atoms with Crippen molar-refractivity contribution < 1.29 is 14.6 Å². The van der Waals surface area contributed by atoms with Gasteiger partial charge in [-0.25, -0.2) is 0 Å². The predicted molar refractivity (Wildman–Crippen MR) is 77.0 cm³/mol. The summed E-state index contributed by atoms with van der Waals surface area (Å²) in [6.07, 6.45) is 0.654. The van der Waals surface area contributed by atoms with Gasteiger partial charge in [0.25, 0.3) is 0 Å². The molecule has 0 bridgehead atoms. The molecule has 1 amide bonds. The quantitative estimate of drug-likeness (QED) is 0.622. The van der Waals surface area contributed by atoms with Crippen LogP contribution >= 0.6 is 12.6 Å². The molecular formula is C13H27NO3S. The van der Waals surface area contributed by atoms with Crippen LogP contribution in [0.2, 0.25) is 0 Å². The van der Waals surface area contributed by atoms with Crippen LogP contribution in [0.1, 0.15) is 48.0 Å². The molecule has 0 saturated heterocycles. The van der Waals surface area contributed by atoms with E-state index in [1.807, 2.05) is 20.8 Å². The van der Waals surface area contributed by atoms with Crippen LogP contribution in [-0.4, -0.2) is 40.1 Å². The molecule has 0 saturated carbocycles. The lowest BCUT2D eigenvalue weighted by Crippen LogP contribution is -2.54. The molecular weight excluding hydrogens is 250 g/mol. The fraction of sp³-hybridized carbons (Fsp3) is 0.923. The number of ether oxygens (including phenoxy) is 1. The van der Waals surface area contributed by atoms with Crippen molar-refractivity contribution in [3.8, 4) is 0 Å². The number of amides is 1. The minimum atomic E-state index is -0.677. The number of aliphatic hydroxyl groups excluding tert-OH is 1. The molecule has 0 aromatic rings. The van der Waals surface area contributed by atoms with Crippen LogP contribution in [0.5, 0.6) is 0 Å². The van der Waals surface area contributed by atoms with E-state index in [0.29, 0.717) is 13.0 Å². The molecule has 0 heterocycles. The third-order valence-electron chi connectivity index (χ3n) is 2.83. The molecule has 0 radical (unpaired) electrons. The molecule has 108 valence electrons. The first-order valence-electron chi connectivity index (χ1n) is 6.25. The van der Waals surface area contributed by atoms with Gasteiger partial charge in [-0.3, -0.25) is 4.79 Å². The summed E-state index contributed by atoms with van der Waals surface area (Å²) < 4.78 is 4.92. The maximum atomic E-state index is 12.0. The predicted octanol–water partition coefficient (Wildman–Crippen LogP) is 1.77.